The summed E-state index contributed by atoms with van der Waals surface area (Å²) in [5, 5.41) is 3.86. The Morgan fingerprint density at radius 3 is 1.49 bits per heavy atom. The molecule has 0 aromatic rings. The fourth-order valence-electron chi connectivity index (χ4n) is 5.10. The highest BCUT2D eigenvalue weighted by atomic mass is 32.2. The smallest absolute Gasteiger partial charge is 0.256 e. The summed E-state index contributed by atoms with van der Waals surface area (Å²) in [7, 11) is 0. The Morgan fingerprint density at radius 1 is 0.512 bits per heavy atom. The largest absolute Gasteiger partial charge is 0.470 e. The van der Waals surface area contributed by atoms with Crippen LogP contribution in [0.4, 0.5) is 0 Å². The minimum absolute atomic E-state index is 0.584. The van der Waals surface area contributed by atoms with Crippen molar-refractivity contribution in [2.45, 2.75) is 181 Å². The van der Waals surface area contributed by atoms with Gasteiger partial charge in [0.15, 0.2) is 0 Å². The standard InChI is InChI=1S/C39H73NOS2/c1-3-5-7-9-11-13-15-17-19-21-23-25-27-29-31-33-35-40-39(42)41-36-38-43-37-34-32-30-28-26-24-22-20-18-16-14-12-10-8-6-4-2/h11,13,17-20H,3-10,12,14-16,21-38H2,1-2H3,(H,40,42)/b13-11-,19-17-,20-18-. The molecule has 1 N–H and O–H groups in total. The molecular weight excluding hydrogens is 563 g/mol. The van der Waals surface area contributed by atoms with Crippen molar-refractivity contribution in [1.29, 1.82) is 0 Å². The van der Waals surface area contributed by atoms with E-state index in [1.165, 1.54) is 166 Å². The third-order valence-electron chi connectivity index (χ3n) is 7.91. The molecule has 0 bridgehead atoms. The summed E-state index contributed by atoms with van der Waals surface area (Å²) in [6.07, 6.45) is 48.8. The fraction of sp³-hybridized carbons (Fsp3) is 0.821. The van der Waals surface area contributed by atoms with Crippen molar-refractivity contribution in [3.8, 4) is 0 Å². The van der Waals surface area contributed by atoms with Crippen molar-refractivity contribution in [1.82, 2.24) is 5.32 Å². The van der Waals surface area contributed by atoms with E-state index in [9.17, 15) is 0 Å². The summed E-state index contributed by atoms with van der Waals surface area (Å²) < 4.78 is 5.69. The van der Waals surface area contributed by atoms with Gasteiger partial charge in [-0.3, -0.25) is 0 Å². The van der Waals surface area contributed by atoms with Crippen molar-refractivity contribution >= 4 is 29.2 Å². The van der Waals surface area contributed by atoms with Gasteiger partial charge in [0.1, 0.15) is 0 Å². The van der Waals surface area contributed by atoms with Crippen molar-refractivity contribution in [2.24, 2.45) is 0 Å². The molecule has 0 spiro atoms. The summed E-state index contributed by atoms with van der Waals surface area (Å²) in [6, 6.07) is 0. The molecule has 0 aromatic carbocycles. The fourth-order valence-corrected chi connectivity index (χ4v) is 6.10. The number of unbranched alkanes of at least 4 members (excludes halogenated alkanes) is 21. The zero-order valence-corrected chi connectivity index (χ0v) is 30.5. The van der Waals surface area contributed by atoms with Gasteiger partial charge < -0.3 is 10.1 Å². The van der Waals surface area contributed by atoms with Gasteiger partial charge in [-0.25, -0.2) is 0 Å². The van der Waals surface area contributed by atoms with Gasteiger partial charge in [0, 0.05) is 12.3 Å². The number of hydrogen-bond donors (Lipinski definition) is 1. The van der Waals surface area contributed by atoms with Crippen LogP contribution < -0.4 is 5.32 Å². The molecular formula is C39H73NOS2. The summed E-state index contributed by atoms with van der Waals surface area (Å²) in [6.45, 7) is 6.22. The second-order valence-electron chi connectivity index (χ2n) is 12.2. The topological polar surface area (TPSA) is 21.3 Å². The third-order valence-corrected chi connectivity index (χ3v) is 9.20. The molecule has 0 saturated carbocycles. The van der Waals surface area contributed by atoms with Gasteiger partial charge in [0.2, 0.25) is 0 Å². The molecule has 0 aliphatic heterocycles. The monoisotopic (exact) mass is 636 g/mol. The van der Waals surface area contributed by atoms with Crippen LogP contribution in [0.5, 0.6) is 0 Å². The highest BCUT2D eigenvalue weighted by Crippen LogP contribution is 2.12. The van der Waals surface area contributed by atoms with E-state index in [0.717, 1.165) is 25.3 Å². The summed E-state index contributed by atoms with van der Waals surface area (Å²) in [5.41, 5.74) is 0. The van der Waals surface area contributed by atoms with Crippen molar-refractivity contribution in [3.05, 3.63) is 36.5 Å². The van der Waals surface area contributed by atoms with Crippen molar-refractivity contribution < 1.29 is 4.74 Å². The van der Waals surface area contributed by atoms with Gasteiger partial charge in [0.25, 0.3) is 5.17 Å². The van der Waals surface area contributed by atoms with Gasteiger partial charge in [-0.15, -0.1) is 0 Å². The minimum Gasteiger partial charge on any atom is -0.470 e. The van der Waals surface area contributed by atoms with Gasteiger partial charge >= 0.3 is 0 Å². The second kappa shape index (κ2) is 39.3. The number of ether oxygens (including phenoxy) is 1. The normalized spacial score (nSPS) is 11.9. The first kappa shape index (κ1) is 42.3. The number of hydrogen-bond acceptors (Lipinski definition) is 3. The third kappa shape index (κ3) is 39.2. The molecule has 0 amide bonds. The first-order chi connectivity index (χ1) is 21.3. The van der Waals surface area contributed by atoms with E-state index in [1.807, 2.05) is 11.8 Å². The van der Waals surface area contributed by atoms with Gasteiger partial charge in [0.05, 0.1) is 6.61 Å². The van der Waals surface area contributed by atoms with Crippen LogP contribution in [0, 0.1) is 0 Å². The summed E-state index contributed by atoms with van der Waals surface area (Å²) in [4.78, 5) is 0. The molecule has 0 unspecified atom stereocenters. The summed E-state index contributed by atoms with van der Waals surface area (Å²) >= 11 is 7.33. The molecule has 0 atom stereocenters. The molecule has 252 valence electrons. The van der Waals surface area contributed by atoms with E-state index in [1.54, 1.807) is 0 Å². The van der Waals surface area contributed by atoms with Crippen LogP contribution in [0.15, 0.2) is 36.5 Å². The Morgan fingerprint density at radius 2 is 0.930 bits per heavy atom. The van der Waals surface area contributed by atoms with Gasteiger partial charge in [-0.2, -0.15) is 11.8 Å². The SMILES string of the molecule is CCCCC/C=C\C/C=C\CCCCCCCCNC(=S)OCCSCCCCCCCC/C=C\CCCCCCCC. The van der Waals surface area contributed by atoms with Crippen LogP contribution in [0.2, 0.25) is 0 Å². The van der Waals surface area contributed by atoms with Crippen LogP contribution >= 0.6 is 24.0 Å². The van der Waals surface area contributed by atoms with Crippen molar-refractivity contribution in [3.63, 3.8) is 0 Å². The lowest BCUT2D eigenvalue weighted by molar-refractivity contribution is 0.323. The maximum atomic E-state index is 5.69. The molecule has 0 aliphatic rings. The van der Waals surface area contributed by atoms with E-state index in [4.69, 9.17) is 17.0 Å². The Balaban J connectivity index is 3.23. The van der Waals surface area contributed by atoms with E-state index in [-0.39, 0.29) is 0 Å². The maximum absolute atomic E-state index is 5.69. The zero-order valence-electron chi connectivity index (χ0n) is 28.9. The van der Waals surface area contributed by atoms with E-state index in [0.29, 0.717) is 5.17 Å². The molecule has 0 rings (SSSR count). The number of thioether (sulfide) groups is 1. The average Bonchev–Trinajstić information content (AvgIpc) is 3.01. The molecule has 0 fully saturated rings. The Kier molecular flexibility index (Phi) is 38.6. The number of allylic oxidation sites excluding steroid dienone is 6. The molecule has 2 nitrogen and oxygen atoms in total. The predicted octanol–water partition coefficient (Wildman–Crippen LogP) is 13.5. The van der Waals surface area contributed by atoms with Gasteiger partial charge in [-0.1, -0.05) is 147 Å². The van der Waals surface area contributed by atoms with E-state index in [2.05, 4.69) is 55.6 Å². The van der Waals surface area contributed by atoms with E-state index >= 15 is 0 Å². The van der Waals surface area contributed by atoms with Crippen LogP contribution in [0.3, 0.4) is 0 Å². The number of thiocarbonyl (C=S) groups is 1. The molecule has 0 aliphatic carbocycles. The first-order valence-corrected chi connectivity index (χ1v) is 20.3. The molecule has 4 heteroatoms. The lowest BCUT2D eigenvalue weighted by Gasteiger charge is -2.09. The molecule has 0 saturated heterocycles. The average molecular weight is 636 g/mol. The Hall–Kier alpha value is -0.740. The summed E-state index contributed by atoms with van der Waals surface area (Å²) in [5.74, 6) is 2.29. The lowest BCUT2D eigenvalue weighted by atomic mass is 10.1. The number of rotatable bonds is 34. The quantitative estimate of drug-likeness (QED) is 0.0431. The minimum atomic E-state index is 0.584. The Bertz CT molecular complexity index is 631. The van der Waals surface area contributed by atoms with E-state index < -0.39 is 0 Å². The van der Waals surface area contributed by atoms with Crippen LogP contribution in [-0.4, -0.2) is 29.8 Å². The van der Waals surface area contributed by atoms with Crippen LogP contribution in [-0.2, 0) is 4.74 Å². The molecule has 0 aromatic heterocycles. The number of nitrogens with one attached hydrogen (secondary N) is 1. The highest BCUT2D eigenvalue weighted by molar-refractivity contribution is 7.99. The highest BCUT2D eigenvalue weighted by Gasteiger charge is 1.98. The van der Waals surface area contributed by atoms with Crippen molar-refractivity contribution in [2.75, 3.05) is 24.7 Å². The second-order valence-corrected chi connectivity index (χ2v) is 13.8. The molecule has 43 heavy (non-hydrogen) atoms. The zero-order chi connectivity index (χ0) is 31.2. The van der Waals surface area contributed by atoms with Crippen LogP contribution in [0.25, 0.3) is 0 Å². The molecule has 0 radical (unpaired) electrons. The lowest BCUT2D eigenvalue weighted by Crippen LogP contribution is -2.25. The maximum Gasteiger partial charge on any atom is 0.256 e. The predicted molar refractivity (Wildman–Crippen MR) is 203 cm³/mol. The Labute approximate surface area is 280 Å². The van der Waals surface area contributed by atoms with Gasteiger partial charge in [-0.05, 0) is 88.6 Å². The first-order valence-electron chi connectivity index (χ1n) is 18.7. The van der Waals surface area contributed by atoms with Crippen LogP contribution in [0.1, 0.15) is 181 Å². The molecule has 0 heterocycles.